The van der Waals surface area contributed by atoms with E-state index in [1.54, 1.807) is 28.7 Å². The van der Waals surface area contributed by atoms with E-state index in [1.165, 1.54) is 26.0 Å². The number of rotatable bonds is 3. The maximum absolute atomic E-state index is 10.9. The van der Waals surface area contributed by atoms with Gasteiger partial charge in [0.25, 0.3) is 0 Å². The van der Waals surface area contributed by atoms with E-state index in [4.69, 9.17) is 5.11 Å². The summed E-state index contributed by atoms with van der Waals surface area (Å²) in [4.78, 5) is 17.2. The molecule has 3 rings (SSSR count). The zero-order valence-corrected chi connectivity index (χ0v) is 12.5. The van der Waals surface area contributed by atoms with E-state index in [9.17, 15) is 4.79 Å². The summed E-state index contributed by atoms with van der Waals surface area (Å²) in [6.07, 6.45) is 0. The smallest absolute Gasteiger partial charge is 0.345 e. The summed E-state index contributed by atoms with van der Waals surface area (Å²) in [6, 6.07) is 12.0. The Labute approximate surface area is 122 Å². The van der Waals surface area contributed by atoms with Gasteiger partial charge in [-0.15, -0.1) is 34.0 Å². The highest BCUT2D eigenvalue weighted by Gasteiger charge is 2.11. The number of aryl methyl sites for hydroxylation is 1. The molecule has 0 aliphatic rings. The molecule has 3 heterocycles. The molecule has 19 heavy (non-hydrogen) atoms. The fourth-order valence-corrected chi connectivity index (χ4v) is 4.65. The average molecular weight is 306 g/mol. The maximum Gasteiger partial charge on any atom is 0.345 e. The van der Waals surface area contributed by atoms with Crippen LogP contribution in [0.5, 0.6) is 0 Å². The number of thiophene rings is 3. The molecule has 0 aromatic carbocycles. The number of carboxylic acids is 1. The molecule has 0 atom stereocenters. The average Bonchev–Trinajstić information content (AvgIpc) is 3.07. The molecule has 0 fully saturated rings. The Kier molecular flexibility index (Phi) is 3.26. The van der Waals surface area contributed by atoms with Crippen LogP contribution >= 0.6 is 34.0 Å². The summed E-state index contributed by atoms with van der Waals surface area (Å²) in [5.74, 6) is -0.859. The summed E-state index contributed by atoms with van der Waals surface area (Å²) in [6.45, 7) is 2.10. The Bertz CT molecular complexity index is 733. The predicted octanol–water partition coefficient (Wildman–Crippen LogP) is 5.21. The Hall–Kier alpha value is -1.43. The molecule has 0 bridgehead atoms. The van der Waals surface area contributed by atoms with Crippen molar-refractivity contribution in [2.75, 3.05) is 0 Å². The lowest BCUT2D eigenvalue weighted by atomic mass is 10.3. The van der Waals surface area contributed by atoms with Gasteiger partial charge in [0.2, 0.25) is 0 Å². The number of aromatic carboxylic acids is 1. The van der Waals surface area contributed by atoms with E-state index in [0.717, 1.165) is 9.75 Å². The Morgan fingerprint density at radius 1 is 0.842 bits per heavy atom. The van der Waals surface area contributed by atoms with Crippen molar-refractivity contribution in [3.63, 3.8) is 0 Å². The molecule has 0 aliphatic heterocycles. The zero-order chi connectivity index (χ0) is 13.4. The standard InChI is InChI=1S/C14H10O2S3/c1-8-2-3-9(17-8)10-4-5-11(18-10)12-6-7-13(19-12)14(15)16/h2-7H,1H3,(H,15,16). The fraction of sp³-hybridized carbons (Fsp3) is 0.0714. The van der Waals surface area contributed by atoms with Crippen molar-refractivity contribution in [2.45, 2.75) is 6.92 Å². The Morgan fingerprint density at radius 3 is 1.89 bits per heavy atom. The van der Waals surface area contributed by atoms with E-state index in [-0.39, 0.29) is 0 Å². The minimum Gasteiger partial charge on any atom is -0.477 e. The van der Waals surface area contributed by atoms with Crippen molar-refractivity contribution in [3.8, 4) is 19.5 Å². The minimum atomic E-state index is -0.859. The van der Waals surface area contributed by atoms with Crippen LogP contribution in [0, 0.1) is 6.92 Å². The van der Waals surface area contributed by atoms with Gasteiger partial charge < -0.3 is 5.11 Å². The fourth-order valence-electron chi connectivity index (χ4n) is 1.75. The number of hydrogen-bond acceptors (Lipinski definition) is 4. The number of carbonyl (C=O) groups is 1. The molecule has 0 amide bonds. The largest absolute Gasteiger partial charge is 0.477 e. The van der Waals surface area contributed by atoms with Gasteiger partial charge in [-0.3, -0.25) is 0 Å². The molecule has 2 nitrogen and oxygen atoms in total. The SMILES string of the molecule is Cc1ccc(-c2ccc(-c3ccc(C(=O)O)s3)s2)s1. The molecule has 0 saturated carbocycles. The third kappa shape index (κ3) is 2.49. The normalized spacial score (nSPS) is 10.8. The van der Waals surface area contributed by atoms with Gasteiger partial charge in [-0.1, -0.05) is 0 Å². The van der Waals surface area contributed by atoms with Gasteiger partial charge in [-0.25, -0.2) is 4.79 Å². The molecule has 5 heteroatoms. The van der Waals surface area contributed by atoms with E-state index in [0.29, 0.717) is 4.88 Å². The summed E-state index contributed by atoms with van der Waals surface area (Å²) in [5.41, 5.74) is 0. The Balaban J connectivity index is 1.94. The van der Waals surface area contributed by atoms with E-state index < -0.39 is 5.97 Å². The minimum absolute atomic E-state index is 0.386. The molecule has 0 spiro atoms. The first kappa shape index (κ1) is 12.6. The van der Waals surface area contributed by atoms with E-state index in [1.807, 2.05) is 6.07 Å². The molecule has 0 unspecified atom stereocenters. The topological polar surface area (TPSA) is 37.3 Å². The van der Waals surface area contributed by atoms with E-state index in [2.05, 4.69) is 31.2 Å². The first-order valence-electron chi connectivity index (χ1n) is 5.63. The third-order valence-electron chi connectivity index (χ3n) is 2.65. The summed E-state index contributed by atoms with van der Waals surface area (Å²) in [7, 11) is 0. The van der Waals surface area contributed by atoms with Gasteiger partial charge in [0.1, 0.15) is 4.88 Å². The second kappa shape index (κ2) is 4.92. The van der Waals surface area contributed by atoms with Crippen LogP contribution in [0.25, 0.3) is 19.5 Å². The van der Waals surface area contributed by atoms with Crippen LogP contribution in [0.1, 0.15) is 14.5 Å². The summed E-state index contributed by atoms with van der Waals surface area (Å²) in [5, 5.41) is 8.95. The van der Waals surface area contributed by atoms with Gasteiger partial charge >= 0.3 is 5.97 Å². The molecule has 3 aromatic rings. The highest BCUT2D eigenvalue weighted by molar-refractivity contribution is 7.26. The summed E-state index contributed by atoms with van der Waals surface area (Å²) < 4.78 is 0. The summed E-state index contributed by atoms with van der Waals surface area (Å²) >= 11 is 4.81. The van der Waals surface area contributed by atoms with Crippen LogP contribution in [-0.4, -0.2) is 11.1 Å². The monoisotopic (exact) mass is 306 g/mol. The molecule has 0 saturated heterocycles. The van der Waals surface area contributed by atoms with Crippen molar-refractivity contribution >= 4 is 40.0 Å². The van der Waals surface area contributed by atoms with Crippen LogP contribution in [-0.2, 0) is 0 Å². The lowest BCUT2D eigenvalue weighted by Gasteiger charge is -1.90. The van der Waals surface area contributed by atoms with Gasteiger partial charge in [-0.05, 0) is 43.3 Å². The lowest BCUT2D eigenvalue weighted by Crippen LogP contribution is -1.89. The second-order valence-corrected chi connectivity index (χ2v) is 7.50. The van der Waals surface area contributed by atoms with Crippen LogP contribution in [0.15, 0.2) is 36.4 Å². The molecule has 3 aromatic heterocycles. The van der Waals surface area contributed by atoms with Crippen molar-refractivity contribution in [1.82, 2.24) is 0 Å². The molecular weight excluding hydrogens is 296 g/mol. The van der Waals surface area contributed by atoms with Gasteiger partial charge in [-0.2, -0.15) is 0 Å². The predicted molar refractivity (Wildman–Crippen MR) is 82.6 cm³/mol. The number of hydrogen-bond donors (Lipinski definition) is 1. The molecule has 1 N–H and O–H groups in total. The van der Waals surface area contributed by atoms with Crippen LogP contribution in [0.3, 0.4) is 0 Å². The van der Waals surface area contributed by atoms with Gasteiger partial charge in [0, 0.05) is 24.4 Å². The lowest BCUT2D eigenvalue weighted by molar-refractivity contribution is 0.0702. The molecule has 96 valence electrons. The van der Waals surface area contributed by atoms with Crippen molar-refractivity contribution in [3.05, 3.63) is 46.2 Å². The Morgan fingerprint density at radius 2 is 1.37 bits per heavy atom. The molecule has 0 radical (unpaired) electrons. The maximum atomic E-state index is 10.9. The van der Waals surface area contributed by atoms with E-state index >= 15 is 0 Å². The van der Waals surface area contributed by atoms with Crippen LogP contribution < -0.4 is 0 Å². The first-order valence-corrected chi connectivity index (χ1v) is 8.08. The van der Waals surface area contributed by atoms with Crippen molar-refractivity contribution in [1.29, 1.82) is 0 Å². The van der Waals surface area contributed by atoms with Crippen LogP contribution in [0.2, 0.25) is 0 Å². The third-order valence-corrected chi connectivity index (χ3v) is 6.20. The van der Waals surface area contributed by atoms with Crippen LogP contribution in [0.4, 0.5) is 0 Å². The van der Waals surface area contributed by atoms with Crippen molar-refractivity contribution in [2.24, 2.45) is 0 Å². The number of carboxylic acid groups (broad SMARTS) is 1. The van der Waals surface area contributed by atoms with Gasteiger partial charge in [0.05, 0.1) is 0 Å². The van der Waals surface area contributed by atoms with Crippen molar-refractivity contribution < 1.29 is 9.90 Å². The second-order valence-electron chi connectivity index (χ2n) is 4.04. The van der Waals surface area contributed by atoms with Gasteiger partial charge in [0.15, 0.2) is 0 Å². The molecular formula is C14H10O2S3. The highest BCUT2D eigenvalue weighted by atomic mass is 32.1. The highest BCUT2D eigenvalue weighted by Crippen LogP contribution is 2.39. The zero-order valence-electron chi connectivity index (χ0n) is 10.0. The quantitative estimate of drug-likeness (QED) is 0.721. The molecule has 0 aliphatic carbocycles. The first-order chi connectivity index (χ1) is 9.13.